The highest BCUT2D eigenvalue weighted by Crippen LogP contribution is 2.26. The summed E-state index contributed by atoms with van der Waals surface area (Å²) in [6.45, 7) is 2.11. The first kappa shape index (κ1) is 12.8. The number of aromatic nitrogens is 1. The van der Waals surface area contributed by atoms with Gasteiger partial charge in [-0.05, 0) is 47.4 Å². The SMILES string of the molecule is CCC(N)c1cccc(-c2ccc3ncccc3c2)c1. The molecule has 1 aromatic heterocycles. The maximum atomic E-state index is 6.12. The van der Waals surface area contributed by atoms with Gasteiger partial charge in [0.05, 0.1) is 5.52 Å². The molecule has 0 radical (unpaired) electrons. The molecule has 2 N–H and O–H groups in total. The fourth-order valence-electron chi connectivity index (χ4n) is 2.44. The van der Waals surface area contributed by atoms with Crippen LogP contribution in [0.25, 0.3) is 22.0 Å². The van der Waals surface area contributed by atoms with Crippen LogP contribution in [0.4, 0.5) is 0 Å². The molecule has 0 bridgehead atoms. The number of rotatable bonds is 3. The number of nitrogens with zero attached hydrogens (tertiary/aromatic N) is 1. The lowest BCUT2D eigenvalue weighted by molar-refractivity contribution is 0.699. The molecule has 3 aromatic rings. The molecule has 1 heterocycles. The third-order valence-corrected chi connectivity index (χ3v) is 3.69. The first-order chi connectivity index (χ1) is 9.78. The van der Waals surface area contributed by atoms with Crippen molar-refractivity contribution in [2.24, 2.45) is 5.73 Å². The summed E-state index contributed by atoms with van der Waals surface area (Å²) in [4.78, 5) is 4.36. The van der Waals surface area contributed by atoms with Gasteiger partial charge in [0.25, 0.3) is 0 Å². The van der Waals surface area contributed by atoms with E-state index >= 15 is 0 Å². The Kier molecular flexibility index (Phi) is 3.48. The standard InChI is InChI=1S/C18H18N2/c1-2-17(19)15-6-3-5-13(11-15)14-8-9-18-16(12-14)7-4-10-20-18/h3-12,17H,2,19H2,1H3. The smallest absolute Gasteiger partial charge is 0.0702 e. The molecule has 100 valence electrons. The molecule has 0 saturated carbocycles. The third kappa shape index (κ3) is 2.43. The molecule has 2 aromatic carbocycles. The summed E-state index contributed by atoms with van der Waals surface area (Å²) in [5.74, 6) is 0. The molecular weight excluding hydrogens is 244 g/mol. The van der Waals surface area contributed by atoms with Gasteiger partial charge in [-0.15, -0.1) is 0 Å². The second kappa shape index (κ2) is 5.43. The van der Waals surface area contributed by atoms with Crippen molar-refractivity contribution < 1.29 is 0 Å². The van der Waals surface area contributed by atoms with E-state index in [0.29, 0.717) is 0 Å². The molecule has 3 rings (SSSR count). The van der Waals surface area contributed by atoms with Crippen LogP contribution < -0.4 is 5.73 Å². The van der Waals surface area contributed by atoms with Gasteiger partial charge in [0.15, 0.2) is 0 Å². The molecule has 0 aliphatic rings. The predicted molar refractivity (Wildman–Crippen MR) is 84.4 cm³/mol. The lowest BCUT2D eigenvalue weighted by atomic mass is 9.98. The molecule has 0 amide bonds. The number of hydrogen-bond donors (Lipinski definition) is 1. The summed E-state index contributed by atoms with van der Waals surface area (Å²) in [6, 6.07) is 19.0. The quantitative estimate of drug-likeness (QED) is 0.763. The Hall–Kier alpha value is -2.19. The van der Waals surface area contributed by atoms with E-state index in [1.165, 1.54) is 16.7 Å². The van der Waals surface area contributed by atoms with Crippen LogP contribution in [-0.4, -0.2) is 4.98 Å². The van der Waals surface area contributed by atoms with Gasteiger partial charge < -0.3 is 5.73 Å². The van der Waals surface area contributed by atoms with Gasteiger partial charge >= 0.3 is 0 Å². The van der Waals surface area contributed by atoms with Crippen LogP contribution in [0.3, 0.4) is 0 Å². The highest BCUT2D eigenvalue weighted by Gasteiger charge is 2.05. The van der Waals surface area contributed by atoms with E-state index in [-0.39, 0.29) is 6.04 Å². The molecule has 0 spiro atoms. The second-order valence-corrected chi connectivity index (χ2v) is 5.05. The summed E-state index contributed by atoms with van der Waals surface area (Å²) in [7, 11) is 0. The summed E-state index contributed by atoms with van der Waals surface area (Å²) in [5.41, 5.74) is 10.7. The largest absolute Gasteiger partial charge is 0.324 e. The number of benzene rings is 2. The zero-order valence-electron chi connectivity index (χ0n) is 11.6. The van der Waals surface area contributed by atoms with Crippen molar-refractivity contribution in [3.05, 3.63) is 66.4 Å². The average Bonchev–Trinajstić information content (AvgIpc) is 2.53. The van der Waals surface area contributed by atoms with Gasteiger partial charge in [0.2, 0.25) is 0 Å². The molecule has 2 nitrogen and oxygen atoms in total. The molecule has 20 heavy (non-hydrogen) atoms. The first-order valence-electron chi connectivity index (χ1n) is 6.98. The minimum atomic E-state index is 0.108. The monoisotopic (exact) mass is 262 g/mol. The Balaban J connectivity index is 2.06. The van der Waals surface area contributed by atoms with Gasteiger partial charge in [-0.25, -0.2) is 0 Å². The molecule has 0 aliphatic carbocycles. The van der Waals surface area contributed by atoms with Crippen molar-refractivity contribution in [3.63, 3.8) is 0 Å². The van der Waals surface area contributed by atoms with E-state index in [1.54, 1.807) is 0 Å². The lowest BCUT2D eigenvalue weighted by Crippen LogP contribution is -2.08. The molecule has 1 unspecified atom stereocenters. The first-order valence-corrected chi connectivity index (χ1v) is 6.98. The molecule has 0 fully saturated rings. The summed E-state index contributed by atoms with van der Waals surface area (Å²) in [6.07, 6.45) is 2.77. The van der Waals surface area contributed by atoms with Crippen molar-refractivity contribution in [1.82, 2.24) is 4.98 Å². The van der Waals surface area contributed by atoms with Crippen LogP contribution in [0, 0.1) is 0 Å². The molecule has 0 aliphatic heterocycles. The molecular formula is C18H18N2. The Labute approximate surface area is 119 Å². The maximum absolute atomic E-state index is 6.12. The zero-order valence-corrected chi connectivity index (χ0v) is 11.6. The zero-order chi connectivity index (χ0) is 13.9. The van der Waals surface area contributed by atoms with Crippen molar-refractivity contribution in [2.75, 3.05) is 0 Å². The van der Waals surface area contributed by atoms with Crippen LogP contribution in [0.1, 0.15) is 24.9 Å². The highest BCUT2D eigenvalue weighted by molar-refractivity contribution is 5.84. The summed E-state index contributed by atoms with van der Waals surface area (Å²) in [5, 5.41) is 1.16. The van der Waals surface area contributed by atoms with Crippen LogP contribution in [0.2, 0.25) is 0 Å². The Morgan fingerprint density at radius 3 is 2.70 bits per heavy atom. The number of fused-ring (bicyclic) bond motifs is 1. The molecule has 1 atom stereocenters. The third-order valence-electron chi connectivity index (χ3n) is 3.69. The van der Waals surface area contributed by atoms with Gasteiger partial charge in [-0.1, -0.05) is 37.3 Å². The minimum absolute atomic E-state index is 0.108. The van der Waals surface area contributed by atoms with Crippen LogP contribution >= 0.6 is 0 Å². The average molecular weight is 262 g/mol. The topological polar surface area (TPSA) is 38.9 Å². The number of pyridine rings is 1. The summed E-state index contributed by atoms with van der Waals surface area (Å²) < 4.78 is 0. The normalized spacial score (nSPS) is 12.5. The maximum Gasteiger partial charge on any atom is 0.0702 e. The van der Waals surface area contributed by atoms with Crippen LogP contribution in [0.15, 0.2) is 60.8 Å². The van der Waals surface area contributed by atoms with Crippen molar-refractivity contribution in [1.29, 1.82) is 0 Å². The van der Waals surface area contributed by atoms with E-state index in [4.69, 9.17) is 5.73 Å². The Morgan fingerprint density at radius 1 is 1.00 bits per heavy atom. The molecule has 2 heteroatoms. The fraction of sp³-hybridized carbons (Fsp3) is 0.167. The van der Waals surface area contributed by atoms with E-state index < -0.39 is 0 Å². The summed E-state index contributed by atoms with van der Waals surface area (Å²) >= 11 is 0. The van der Waals surface area contributed by atoms with Crippen LogP contribution in [-0.2, 0) is 0 Å². The van der Waals surface area contributed by atoms with E-state index in [9.17, 15) is 0 Å². The van der Waals surface area contributed by atoms with Crippen LogP contribution in [0.5, 0.6) is 0 Å². The highest BCUT2D eigenvalue weighted by atomic mass is 14.6. The van der Waals surface area contributed by atoms with Gasteiger partial charge in [-0.2, -0.15) is 0 Å². The van der Waals surface area contributed by atoms with Crippen molar-refractivity contribution in [2.45, 2.75) is 19.4 Å². The predicted octanol–water partition coefficient (Wildman–Crippen LogP) is 4.31. The minimum Gasteiger partial charge on any atom is -0.324 e. The lowest BCUT2D eigenvalue weighted by Gasteiger charge is -2.11. The van der Waals surface area contributed by atoms with Crippen molar-refractivity contribution in [3.8, 4) is 11.1 Å². The van der Waals surface area contributed by atoms with Gasteiger partial charge in [0.1, 0.15) is 0 Å². The van der Waals surface area contributed by atoms with E-state index in [2.05, 4.69) is 60.4 Å². The number of nitrogens with two attached hydrogens (primary N) is 1. The van der Waals surface area contributed by atoms with E-state index in [1.807, 2.05) is 12.3 Å². The second-order valence-electron chi connectivity index (χ2n) is 5.05. The van der Waals surface area contributed by atoms with Gasteiger partial charge in [-0.3, -0.25) is 4.98 Å². The fourth-order valence-corrected chi connectivity index (χ4v) is 2.44. The van der Waals surface area contributed by atoms with E-state index in [0.717, 1.165) is 17.3 Å². The Morgan fingerprint density at radius 2 is 1.85 bits per heavy atom. The van der Waals surface area contributed by atoms with Crippen molar-refractivity contribution >= 4 is 10.9 Å². The Bertz CT molecular complexity index is 734. The van der Waals surface area contributed by atoms with Gasteiger partial charge in [0, 0.05) is 17.6 Å². The number of hydrogen-bond acceptors (Lipinski definition) is 2. The molecule has 0 saturated heterocycles.